The van der Waals surface area contributed by atoms with Crippen LogP contribution in [-0.2, 0) is 4.74 Å². The topological polar surface area (TPSA) is 32.7 Å². The molecule has 2 atom stereocenters. The van der Waals surface area contributed by atoms with Crippen LogP contribution in [0.5, 0.6) is 0 Å². The van der Waals surface area contributed by atoms with E-state index in [2.05, 4.69) is 32.6 Å². The normalized spacial score (nSPS) is 28.3. The minimum atomic E-state index is 0.00314. The molecule has 16 heavy (non-hydrogen) atoms. The smallest absolute Gasteiger partial charge is 0.0936 e. The lowest BCUT2D eigenvalue weighted by molar-refractivity contribution is -0.0935. The first-order valence-corrected chi connectivity index (χ1v) is 7.02. The Morgan fingerprint density at radius 2 is 2.06 bits per heavy atom. The zero-order valence-corrected chi connectivity index (χ0v) is 11.7. The average Bonchev–Trinajstić information content (AvgIpc) is 2.14. The van der Waals surface area contributed by atoms with Gasteiger partial charge >= 0.3 is 0 Å². The van der Waals surface area contributed by atoms with Crippen LogP contribution in [0, 0.1) is 0 Å². The van der Waals surface area contributed by atoms with E-state index >= 15 is 0 Å². The van der Waals surface area contributed by atoms with Crippen molar-refractivity contribution in [2.24, 2.45) is 0 Å². The van der Waals surface area contributed by atoms with Gasteiger partial charge in [-0.25, -0.2) is 0 Å². The zero-order chi connectivity index (χ0) is 12.2. The molecule has 0 amide bonds. The molecule has 3 nitrogen and oxygen atoms in total. The van der Waals surface area contributed by atoms with Crippen LogP contribution in [0.15, 0.2) is 0 Å². The molecule has 0 aromatic rings. The Morgan fingerprint density at radius 3 is 2.62 bits per heavy atom. The summed E-state index contributed by atoms with van der Waals surface area (Å²) >= 11 is 1.99. The van der Waals surface area contributed by atoms with Gasteiger partial charge in [-0.15, -0.1) is 0 Å². The van der Waals surface area contributed by atoms with E-state index in [1.807, 2.05) is 11.8 Å². The fourth-order valence-corrected chi connectivity index (χ4v) is 2.87. The van der Waals surface area contributed by atoms with Gasteiger partial charge in [-0.3, -0.25) is 4.90 Å². The van der Waals surface area contributed by atoms with Gasteiger partial charge in [0.15, 0.2) is 0 Å². The lowest BCUT2D eigenvalue weighted by Crippen LogP contribution is -2.48. The summed E-state index contributed by atoms with van der Waals surface area (Å²) in [6.07, 6.45) is 0.244. The summed E-state index contributed by atoms with van der Waals surface area (Å²) < 4.78 is 5.96. The van der Waals surface area contributed by atoms with E-state index in [0.29, 0.717) is 4.75 Å². The first-order valence-electron chi connectivity index (χ1n) is 6.03. The lowest BCUT2D eigenvalue weighted by Gasteiger charge is -2.36. The average molecular weight is 247 g/mol. The van der Waals surface area contributed by atoms with Crippen molar-refractivity contribution in [2.75, 3.05) is 32.0 Å². The van der Waals surface area contributed by atoms with Crippen molar-refractivity contribution in [3.05, 3.63) is 0 Å². The number of aliphatic hydroxyl groups excluding tert-OH is 1. The molecule has 1 rings (SSSR count). The molecule has 1 aliphatic heterocycles. The van der Waals surface area contributed by atoms with Crippen molar-refractivity contribution < 1.29 is 9.84 Å². The zero-order valence-electron chi connectivity index (χ0n) is 10.9. The lowest BCUT2D eigenvalue weighted by atomic mass is 10.2. The number of ether oxygens (including phenoxy) is 1. The first kappa shape index (κ1) is 14.3. The molecule has 1 aliphatic rings. The Labute approximate surface area is 104 Å². The summed E-state index contributed by atoms with van der Waals surface area (Å²) in [7, 11) is 0. The van der Waals surface area contributed by atoms with E-state index in [4.69, 9.17) is 9.84 Å². The molecule has 0 bridgehead atoms. The molecular weight excluding hydrogens is 222 g/mol. The van der Waals surface area contributed by atoms with Crippen molar-refractivity contribution in [3.63, 3.8) is 0 Å². The Hall–Kier alpha value is 0.230. The van der Waals surface area contributed by atoms with Gasteiger partial charge in [0.05, 0.1) is 18.8 Å². The minimum Gasteiger partial charge on any atom is -0.394 e. The van der Waals surface area contributed by atoms with Crippen LogP contribution in [0.25, 0.3) is 0 Å². The van der Waals surface area contributed by atoms with Crippen molar-refractivity contribution in [3.8, 4) is 0 Å². The summed E-state index contributed by atoms with van der Waals surface area (Å²) in [5.74, 6) is 1.15. The molecule has 1 saturated heterocycles. The molecule has 1 fully saturated rings. The Bertz CT molecular complexity index is 206. The predicted molar refractivity (Wildman–Crippen MR) is 70.1 cm³/mol. The molecule has 4 heteroatoms. The van der Waals surface area contributed by atoms with Crippen LogP contribution in [0.1, 0.15) is 27.7 Å². The predicted octanol–water partition coefficient (Wildman–Crippen LogP) is 1.60. The summed E-state index contributed by atoms with van der Waals surface area (Å²) in [5, 5.41) is 9.12. The monoisotopic (exact) mass is 247 g/mol. The molecular formula is C12H25NO2S. The molecule has 0 aliphatic carbocycles. The molecule has 0 radical (unpaired) electrons. The van der Waals surface area contributed by atoms with E-state index in [9.17, 15) is 0 Å². The van der Waals surface area contributed by atoms with Gasteiger partial charge in [0, 0.05) is 30.1 Å². The van der Waals surface area contributed by atoms with Crippen LogP contribution in [0.2, 0.25) is 0 Å². The van der Waals surface area contributed by atoms with Gasteiger partial charge in [-0.2, -0.15) is 11.8 Å². The number of nitrogens with zero attached hydrogens (tertiary/aromatic N) is 1. The maximum absolute atomic E-state index is 9.12. The van der Waals surface area contributed by atoms with Gasteiger partial charge < -0.3 is 9.84 Å². The summed E-state index contributed by atoms with van der Waals surface area (Å²) in [4.78, 5) is 2.40. The molecule has 96 valence electrons. The van der Waals surface area contributed by atoms with Gasteiger partial charge in [-0.1, -0.05) is 20.8 Å². The Kier molecular flexibility index (Phi) is 5.57. The van der Waals surface area contributed by atoms with Crippen molar-refractivity contribution >= 4 is 11.8 Å². The molecule has 0 saturated carbocycles. The maximum atomic E-state index is 9.12. The van der Waals surface area contributed by atoms with E-state index in [-0.39, 0.29) is 18.8 Å². The van der Waals surface area contributed by atoms with Crippen molar-refractivity contribution in [1.82, 2.24) is 4.90 Å². The fraction of sp³-hybridized carbons (Fsp3) is 1.00. The van der Waals surface area contributed by atoms with Gasteiger partial charge in [0.2, 0.25) is 0 Å². The summed E-state index contributed by atoms with van der Waals surface area (Å²) in [6.45, 7) is 11.9. The van der Waals surface area contributed by atoms with Crippen molar-refractivity contribution in [2.45, 2.75) is 44.6 Å². The number of thioether (sulfide) groups is 1. The van der Waals surface area contributed by atoms with Crippen LogP contribution in [-0.4, -0.2) is 59.0 Å². The number of morpholine rings is 1. The number of hydrogen-bond donors (Lipinski definition) is 1. The second kappa shape index (κ2) is 6.24. The highest BCUT2D eigenvalue weighted by atomic mass is 32.2. The standard InChI is InChI=1S/C12H25NO2S/c1-10-7-13(8-11(9-14)15-10)5-6-16-12(2,3)4/h10-11,14H,5-9H2,1-4H3/t10-,11+/m0/s1. The molecule has 0 aromatic carbocycles. The third-order valence-electron chi connectivity index (χ3n) is 2.55. The van der Waals surface area contributed by atoms with E-state index in [0.717, 1.165) is 25.4 Å². The minimum absolute atomic E-state index is 0.00314. The molecule has 1 N–H and O–H groups in total. The van der Waals surface area contributed by atoms with Gasteiger partial charge in [0.1, 0.15) is 0 Å². The Morgan fingerprint density at radius 1 is 1.38 bits per heavy atom. The Balaban J connectivity index is 2.26. The highest BCUT2D eigenvalue weighted by Crippen LogP contribution is 2.23. The SMILES string of the molecule is C[C@H]1CN(CCSC(C)(C)C)C[C@H](CO)O1. The fourth-order valence-electron chi connectivity index (χ4n) is 1.90. The number of rotatable bonds is 4. The van der Waals surface area contributed by atoms with E-state index in [1.54, 1.807) is 0 Å². The van der Waals surface area contributed by atoms with E-state index < -0.39 is 0 Å². The third kappa shape index (κ3) is 5.53. The van der Waals surface area contributed by atoms with Crippen LogP contribution < -0.4 is 0 Å². The molecule has 1 heterocycles. The quantitative estimate of drug-likeness (QED) is 0.818. The molecule has 0 unspecified atom stereocenters. The maximum Gasteiger partial charge on any atom is 0.0936 e. The number of aliphatic hydroxyl groups is 1. The molecule has 0 aromatic heterocycles. The third-order valence-corrected chi connectivity index (χ3v) is 3.80. The first-order chi connectivity index (χ1) is 7.40. The highest BCUT2D eigenvalue weighted by Gasteiger charge is 2.24. The largest absolute Gasteiger partial charge is 0.394 e. The summed E-state index contributed by atoms with van der Waals surface area (Å²) in [5.41, 5.74) is 0. The van der Waals surface area contributed by atoms with Crippen LogP contribution in [0.3, 0.4) is 0 Å². The second-order valence-electron chi connectivity index (χ2n) is 5.47. The van der Waals surface area contributed by atoms with E-state index in [1.165, 1.54) is 0 Å². The van der Waals surface area contributed by atoms with Crippen molar-refractivity contribution in [1.29, 1.82) is 0 Å². The van der Waals surface area contributed by atoms with Crippen LogP contribution >= 0.6 is 11.8 Å². The van der Waals surface area contributed by atoms with Gasteiger partial charge in [0.25, 0.3) is 0 Å². The number of hydrogen-bond acceptors (Lipinski definition) is 4. The second-order valence-corrected chi connectivity index (χ2v) is 7.39. The highest BCUT2D eigenvalue weighted by molar-refractivity contribution is 8.00. The molecule has 0 spiro atoms. The summed E-state index contributed by atoms with van der Waals surface area (Å²) in [6, 6.07) is 0. The van der Waals surface area contributed by atoms with Crippen LogP contribution in [0.4, 0.5) is 0 Å². The van der Waals surface area contributed by atoms with Gasteiger partial charge in [-0.05, 0) is 6.92 Å².